The first-order valence-electron chi connectivity index (χ1n) is 5.42. The molecule has 84 valence electrons. The van der Waals surface area contributed by atoms with E-state index in [0.717, 1.165) is 0 Å². The summed E-state index contributed by atoms with van der Waals surface area (Å²) < 4.78 is 0. The summed E-state index contributed by atoms with van der Waals surface area (Å²) in [6.45, 7) is 4.34. The Morgan fingerprint density at radius 3 is 2.06 bits per heavy atom. The first kappa shape index (κ1) is 11.2. The van der Waals surface area contributed by atoms with Gasteiger partial charge in [-0.2, -0.15) is 0 Å². The first-order valence-corrected chi connectivity index (χ1v) is 6.24. The minimum absolute atomic E-state index is 1.25. The number of benzene rings is 1. The van der Waals surface area contributed by atoms with Gasteiger partial charge in [-0.15, -0.1) is 11.3 Å². The van der Waals surface area contributed by atoms with Crippen molar-refractivity contribution in [2.75, 3.05) is 19.0 Å². The SMILES string of the molecule is Cc1cc(C)c(-c2ccc(N(C)C)cc2)s1. The fourth-order valence-corrected chi connectivity index (χ4v) is 2.87. The Hall–Kier alpha value is -1.28. The van der Waals surface area contributed by atoms with E-state index in [1.165, 1.54) is 26.6 Å². The van der Waals surface area contributed by atoms with Gasteiger partial charge < -0.3 is 4.90 Å². The van der Waals surface area contributed by atoms with Gasteiger partial charge in [0, 0.05) is 29.5 Å². The van der Waals surface area contributed by atoms with Crippen LogP contribution < -0.4 is 4.90 Å². The van der Waals surface area contributed by atoms with Crippen molar-refractivity contribution in [2.24, 2.45) is 0 Å². The van der Waals surface area contributed by atoms with E-state index in [-0.39, 0.29) is 0 Å². The summed E-state index contributed by atoms with van der Waals surface area (Å²) >= 11 is 1.87. The molecule has 0 amide bonds. The molecule has 0 N–H and O–H groups in total. The molecule has 0 radical (unpaired) electrons. The van der Waals surface area contributed by atoms with Crippen molar-refractivity contribution < 1.29 is 0 Å². The average Bonchev–Trinajstić information content (AvgIpc) is 2.58. The van der Waals surface area contributed by atoms with E-state index in [9.17, 15) is 0 Å². The largest absolute Gasteiger partial charge is 0.378 e. The quantitative estimate of drug-likeness (QED) is 0.752. The monoisotopic (exact) mass is 231 g/mol. The molecule has 0 aliphatic heterocycles. The normalized spacial score (nSPS) is 10.5. The van der Waals surface area contributed by atoms with Crippen LogP contribution in [0.25, 0.3) is 10.4 Å². The number of aryl methyl sites for hydroxylation is 2. The third kappa shape index (κ3) is 2.12. The third-order valence-corrected chi connectivity index (χ3v) is 3.89. The summed E-state index contributed by atoms with van der Waals surface area (Å²) in [5.74, 6) is 0. The highest BCUT2D eigenvalue weighted by Crippen LogP contribution is 2.32. The summed E-state index contributed by atoms with van der Waals surface area (Å²) in [7, 11) is 4.13. The summed E-state index contributed by atoms with van der Waals surface area (Å²) in [4.78, 5) is 4.89. The second kappa shape index (κ2) is 4.30. The van der Waals surface area contributed by atoms with Crippen molar-refractivity contribution in [1.82, 2.24) is 0 Å². The molecule has 2 heteroatoms. The molecule has 16 heavy (non-hydrogen) atoms. The highest BCUT2D eigenvalue weighted by molar-refractivity contribution is 7.15. The Morgan fingerprint density at radius 2 is 1.62 bits per heavy atom. The number of nitrogens with zero attached hydrogens (tertiary/aromatic N) is 1. The van der Waals surface area contributed by atoms with Crippen LogP contribution in [0.15, 0.2) is 30.3 Å². The van der Waals surface area contributed by atoms with Gasteiger partial charge in [0.1, 0.15) is 0 Å². The van der Waals surface area contributed by atoms with E-state index >= 15 is 0 Å². The smallest absolute Gasteiger partial charge is 0.0374 e. The van der Waals surface area contributed by atoms with Gasteiger partial charge >= 0.3 is 0 Å². The van der Waals surface area contributed by atoms with E-state index in [1.807, 2.05) is 11.3 Å². The molecule has 0 saturated carbocycles. The Morgan fingerprint density at radius 1 is 1.00 bits per heavy atom. The molecule has 0 atom stereocenters. The molecule has 0 unspecified atom stereocenters. The Balaban J connectivity index is 2.38. The van der Waals surface area contributed by atoms with Crippen LogP contribution in [0.3, 0.4) is 0 Å². The summed E-state index contributed by atoms with van der Waals surface area (Å²) in [6.07, 6.45) is 0. The number of thiophene rings is 1. The van der Waals surface area contributed by atoms with Crippen molar-refractivity contribution in [3.05, 3.63) is 40.8 Å². The van der Waals surface area contributed by atoms with Gasteiger partial charge in [-0.25, -0.2) is 0 Å². The van der Waals surface area contributed by atoms with Crippen LogP contribution in [-0.2, 0) is 0 Å². The standard InChI is InChI=1S/C14H17NS/c1-10-9-11(2)16-14(10)12-5-7-13(8-6-12)15(3)4/h5-9H,1-4H3. The second-order valence-corrected chi connectivity index (χ2v) is 5.57. The second-order valence-electron chi connectivity index (χ2n) is 4.31. The first-order chi connectivity index (χ1) is 7.58. The predicted octanol–water partition coefficient (Wildman–Crippen LogP) is 4.10. The summed E-state index contributed by atoms with van der Waals surface area (Å²) in [5.41, 5.74) is 3.94. The highest BCUT2D eigenvalue weighted by atomic mass is 32.1. The minimum Gasteiger partial charge on any atom is -0.378 e. The van der Waals surface area contributed by atoms with Gasteiger partial charge in [0.15, 0.2) is 0 Å². The molecule has 1 aromatic heterocycles. The molecule has 0 aliphatic carbocycles. The molecule has 2 aromatic rings. The maximum absolute atomic E-state index is 2.25. The van der Waals surface area contributed by atoms with Crippen molar-refractivity contribution in [1.29, 1.82) is 0 Å². The Labute approximate surface area is 101 Å². The maximum atomic E-state index is 2.25. The molecule has 0 fully saturated rings. The van der Waals surface area contributed by atoms with E-state index in [2.05, 4.69) is 63.2 Å². The minimum atomic E-state index is 1.25. The van der Waals surface area contributed by atoms with E-state index in [0.29, 0.717) is 0 Å². The van der Waals surface area contributed by atoms with Gasteiger partial charge in [0.25, 0.3) is 0 Å². The zero-order valence-electron chi connectivity index (χ0n) is 10.2. The van der Waals surface area contributed by atoms with E-state index in [1.54, 1.807) is 0 Å². The summed E-state index contributed by atoms with van der Waals surface area (Å²) in [6, 6.07) is 11.0. The van der Waals surface area contributed by atoms with Crippen LogP contribution in [0, 0.1) is 13.8 Å². The van der Waals surface area contributed by atoms with Gasteiger partial charge in [-0.3, -0.25) is 0 Å². The number of hydrogen-bond acceptors (Lipinski definition) is 2. The van der Waals surface area contributed by atoms with Crippen LogP contribution >= 0.6 is 11.3 Å². The van der Waals surface area contributed by atoms with E-state index in [4.69, 9.17) is 0 Å². The van der Waals surface area contributed by atoms with Crippen molar-refractivity contribution >= 4 is 17.0 Å². The van der Waals surface area contributed by atoms with Gasteiger partial charge in [0.2, 0.25) is 0 Å². The summed E-state index contributed by atoms with van der Waals surface area (Å²) in [5, 5.41) is 0. The average molecular weight is 231 g/mol. The predicted molar refractivity (Wildman–Crippen MR) is 73.6 cm³/mol. The molecule has 1 aromatic carbocycles. The fourth-order valence-electron chi connectivity index (χ4n) is 1.84. The van der Waals surface area contributed by atoms with Crippen LogP contribution in [-0.4, -0.2) is 14.1 Å². The van der Waals surface area contributed by atoms with Gasteiger partial charge in [0.05, 0.1) is 0 Å². The number of hydrogen-bond donors (Lipinski definition) is 0. The molecule has 1 nitrogen and oxygen atoms in total. The van der Waals surface area contributed by atoms with Gasteiger partial charge in [-0.1, -0.05) is 12.1 Å². The molecule has 2 rings (SSSR count). The topological polar surface area (TPSA) is 3.24 Å². The third-order valence-electron chi connectivity index (χ3n) is 2.69. The van der Waals surface area contributed by atoms with Crippen molar-refractivity contribution in [3.8, 4) is 10.4 Å². The molecular weight excluding hydrogens is 214 g/mol. The Kier molecular flexibility index (Phi) is 3.01. The molecule has 0 spiro atoms. The lowest BCUT2D eigenvalue weighted by Crippen LogP contribution is -2.07. The lowest BCUT2D eigenvalue weighted by atomic mass is 10.1. The number of anilines is 1. The van der Waals surface area contributed by atoms with Crippen LogP contribution in [0.2, 0.25) is 0 Å². The molecule has 0 bridgehead atoms. The van der Waals surface area contributed by atoms with Crippen LogP contribution in [0.1, 0.15) is 10.4 Å². The zero-order chi connectivity index (χ0) is 11.7. The Bertz CT molecular complexity index is 480. The fraction of sp³-hybridized carbons (Fsp3) is 0.286. The lowest BCUT2D eigenvalue weighted by molar-refractivity contribution is 1.13. The number of rotatable bonds is 2. The molecule has 1 heterocycles. The van der Waals surface area contributed by atoms with Crippen LogP contribution in [0.4, 0.5) is 5.69 Å². The van der Waals surface area contributed by atoms with E-state index < -0.39 is 0 Å². The van der Waals surface area contributed by atoms with Crippen LogP contribution in [0.5, 0.6) is 0 Å². The van der Waals surface area contributed by atoms with Gasteiger partial charge in [-0.05, 0) is 43.2 Å². The lowest BCUT2D eigenvalue weighted by Gasteiger charge is -2.12. The van der Waals surface area contributed by atoms with Crippen molar-refractivity contribution in [3.63, 3.8) is 0 Å². The maximum Gasteiger partial charge on any atom is 0.0374 e. The zero-order valence-corrected chi connectivity index (χ0v) is 11.1. The molecule has 0 aliphatic rings. The highest BCUT2D eigenvalue weighted by Gasteiger charge is 2.05. The molecule has 0 saturated heterocycles. The van der Waals surface area contributed by atoms with Crippen molar-refractivity contribution in [2.45, 2.75) is 13.8 Å². The molecular formula is C14H17NS.